The van der Waals surface area contributed by atoms with Gasteiger partial charge in [0.15, 0.2) is 12.7 Å². The summed E-state index contributed by atoms with van der Waals surface area (Å²) in [6.45, 7) is 9.83. The molecule has 2 nitrogen and oxygen atoms in total. The van der Waals surface area contributed by atoms with Crippen molar-refractivity contribution in [3.8, 4) is 33.4 Å². The van der Waals surface area contributed by atoms with Gasteiger partial charge in [0.25, 0.3) is 0 Å². The molecule has 258 valence electrons. The van der Waals surface area contributed by atoms with Crippen molar-refractivity contribution < 1.29 is 4.70 Å². The van der Waals surface area contributed by atoms with Crippen LogP contribution in [0.4, 0.5) is 5.69 Å². The molecule has 0 fully saturated rings. The van der Waals surface area contributed by atoms with Crippen LogP contribution in [-0.2, 0) is 19.3 Å². The first kappa shape index (κ1) is 36.7. The van der Waals surface area contributed by atoms with E-state index in [1.54, 1.807) is 0 Å². The molecule has 0 unspecified atom stereocenters. The lowest BCUT2D eigenvalue weighted by Gasteiger charge is -2.17. The lowest BCUT2D eigenvalue weighted by molar-refractivity contribution is -0.519. The molecule has 50 heavy (non-hydrogen) atoms. The van der Waals surface area contributed by atoms with Crippen molar-refractivity contribution in [3.05, 3.63) is 144 Å². The van der Waals surface area contributed by atoms with Crippen LogP contribution < -0.4 is 0 Å². The molecule has 0 spiro atoms. The zero-order valence-electron chi connectivity index (χ0n) is 31.0. The molecular weight excluding hydrogens is 605 g/mol. The van der Waals surface area contributed by atoms with Gasteiger partial charge >= 0.3 is 0 Å². The van der Waals surface area contributed by atoms with E-state index in [0.29, 0.717) is 0 Å². The predicted octanol–water partition coefficient (Wildman–Crippen LogP) is 14.3. The Morgan fingerprint density at radius 1 is 0.500 bits per heavy atom. The summed E-state index contributed by atoms with van der Waals surface area (Å²) in [5.41, 5.74) is 14.4. The Kier molecular flexibility index (Phi) is 14.4. The Morgan fingerprint density at radius 2 is 1.00 bits per heavy atom. The van der Waals surface area contributed by atoms with Crippen molar-refractivity contribution in [2.45, 2.75) is 98.3 Å². The molecule has 0 heterocycles. The number of nitrogens with zero attached hydrogens (tertiary/aromatic N) is 2. The Balaban J connectivity index is 1.59. The standard InChI is InChI=1S/C48H57N2/c1-5-9-12-22-31-45-47(40-26-18-14-19-27-40)36-43(37-48(45)41-28-20-15-21-29-41)49-50(8-4)33-32-38-34-42(23-10-6-2)44(30-11-7-3)46(35-38)39-24-16-13-17-25-39/h13-21,24-29,32-37H,5-12,22-23,30-31H2,1-4H3/q+1. The van der Waals surface area contributed by atoms with Crippen molar-refractivity contribution >= 4 is 11.8 Å². The smallest absolute Gasteiger partial charge is 0.0910 e. The molecule has 5 rings (SSSR count). The van der Waals surface area contributed by atoms with Gasteiger partial charge in [0.05, 0.1) is 0 Å². The van der Waals surface area contributed by atoms with E-state index in [-0.39, 0.29) is 0 Å². The average molecular weight is 662 g/mol. The quantitative estimate of drug-likeness (QED) is 0.0504. The first-order chi connectivity index (χ1) is 24.6. The van der Waals surface area contributed by atoms with E-state index in [1.165, 1.54) is 107 Å². The summed E-state index contributed by atoms with van der Waals surface area (Å²) < 4.78 is 2.10. The highest BCUT2D eigenvalue weighted by atomic mass is 15.2. The number of azo groups is 2. The van der Waals surface area contributed by atoms with Crippen molar-refractivity contribution in [3.63, 3.8) is 0 Å². The van der Waals surface area contributed by atoms with E-state index in [4.69, 9.17) is 5.11 Å². The van der Waals surface area contributed by atoms with E-state index < -0.39 is 0 Å². The van der Waals surface area contributed by atoms with Gasteiger partial charge in [-0.3, -0.25) is 0 Å². The number of aryl methyl sites for hydroxylation is 1. The molecule has 0 bridgehead atoms. The molecule has 0 aromatic heterocycles. The number of benzene rings is 5. The van der Waals surface area contributed by atoms with Gasteiger partial charge in [-0.05, 0) is 124 Å². The second kappa shape index (κ2) is 19.6. The van der Waals surface area contributed by atoms with Crippen molar-refractivity contribution in [2.75, 3.05) is 6.54 Å². The van der Waals surface area contributed by atoms with E-state index in [2.05, 4.69) is 160 Å². The fourth-order valence-electron chi connectivity index (χ4n) is 6.96. The van der Waals surface area contributed by atoms with Gasteiger partial charge in [-0.2, -0.15) is 0 Å². The largest absolute Gasteiger partial charge is 0.196 e. The number of hydrogen-bond acceptors (Lipinski definition) is 1. The topological polar surface area (TPSA) is 15.4 Å². The highest BCUT2D eigenvalue weighted by Gasteiger charge is 2.17. The van der Waals surface area contributed by atoms with Crippen LogP contribution in [0.2, 0.25) is 0 Å². The molecule has 0 atom stereocenters. The minimum atomic E-state index is 0.777. The number of hydrogen-bond donors (Lipinski definition) is 0. The molecule has 0 saturated carbocycles. The van der Waals surface area contributed by atoms with Gasteiger partial charge in [-0.25, -0.2) is 0 Å². The third-order valence-corrected chi connectivity index (χ3v) is 9.72. The van der Waals surface area contributed by atoms with Gasteiger partial charge in [-0.1, -0.05) is 155 Å². The summed E-state index contributed by atoms with van der Waals surface area (Å²) in [5, 5.41) is 5.27. The molecule has 2 heteroatoms. The molecule has 0 saturated heterocycles. The zero-order chi connectivity index (χ0) is 35.0. The van der Waals surface area contributed by atoms with E-state index in [1.807, 2.05) is 0 Å². The number of rotatable bonds is 18. The van der Waals surface area contributed by atoms with Crippen molar-refractivity contribution in [2.24, 2.45) is 5.11 Å². The Bertz CT molecular complexity index is 1760. The van der Waals surface area contributed by atoms with E-state index in [9.17, 15) is 0 Å². The Labute approximate surface area is 302 Å². The SMILES string of the molecule is CCCCCCc1c(-c2ccccc2)cc(N=[N+](C=Cc2cc(CCCC)c(CCCC)c(-c3ccccc3)c2)CC)cc1-c1ccccc1. The summed E-state index contributed by atoms with van der Waals surface area (Å²) in [6, 6.07) is 42.2. The van der Waals surface area contributed by atoms with Gasteiger partial charge in [0.1, 0.15) is 5.69 Å². The molecular formula is C48H57N2+. The minimum absolute atomic E-state index is 0.777. The summed E-state index contributed by atoms with van der Waals surface area (Å²) in [4.78, 5) is 0. The maximum atomic E-state index is 5.27. The van der Waals surface area contributed by atoms with Crippen LogP contribution in [0, 0.1) is 0 Å². The monoisotopic (exact) mass is 661 g/mol. The highest BCUT2D eigenvalue weighted by molar-refractivity contribution is 5.82. The van der Waals surface area contributed by atoms with Crippen molar-refractivity contribution in [1.29, 1.82) is 0 Å². The zero-order valence-corrected chi connectivity index (χ0v) is 31.0. The first-order valence-electron chi connectivity index (χ1n) is 19.3. The minimum Gasteiger partial charge on any atom is -0.0910 e. The molecule has 0 aliphatic rings. The van der Waals surface area contributed by atoms with Crippen LogP contribution in [0.25, 0.3) is 39.5 Å². The summed E-state index contributed by atoms with van der Waals surface area (Å²) in [7, 11) is 0. The van der Waals surface area contributed by atoms with Crippen molar-refractivity contribution in [1.82, 2.24) is 0 Å². The van der Waals surface area contributed by atoms with E-state index in [0.717, 1.165) is 31.5 Å². The molecule has 5 aromatic carbocycles. The Hall–Kier alpha value is -4.56. The fraction of sp³-hybridized carbons (Fsp3) is 0.333. The van der Waals surface area contributed by atoms with Crippen LogP contribution in [0.3, 0.4) is 0 Å². The highest BCUT2D eigenvalue weighted by Crippen LogP contribution is 2.38. The third-order valence-electron chi connectivity index (χ3n) is 9.72. The summed E-state index contributed by atoms with van der Waals surface area (Å²) >= 11 is 0. The van der Waals surface area contributed by atoms with Gasteiger partial charge in [0.2, 0.25) is 0 Å². The predicted molar refractivity (Wildman–Crippen MR) is 216 cm³/mol. The van der Waals surface area contributed by atoms with E-state index >= 15 is 0 Å². The third kappa shape index (κ3) is 10.0. The first-order valence-corrected chi connectivity index (χ1v) is 19.3. The summed E-state index contributed by atoms with van der Waals surface area (Å²) in [5.74, 6) is 0. The fourth-order valence-corrected chi connectivity index (χ4v) is 6.96. The van der Waals surface area contributed by atoms with Gasteiger partial charge in [-0.15, -0.1) is 0 Å². The molecule has 0 aliphatic heterocycles. The average Bonchev–Trinajstić information content (AvgIpc) is 3.17. The maximum Gasteiger partial charge on any atom is 0.196 e. The van der Waals surface area contributed by atoms with Crippen LogP contribution in [-0.4, -0.2) is 11.2 Å². The molecule has 5 aromatic rings. The molecule has 0 amide bonds. The summed E-state index contributed by atoms with van der Waals surface area (Å²) in [6.07, 6.45) is 17.5. The lowest BCUT2D eigenvalue weighted by atomic mass is 9.88. The van der Waals surface area contributed by atoms with Crippen LogP contribution in [0.1, 0.15) is 101 Å². The van der Waals surface area contributed by atoms with Crippen LogP contribution in [0.5, 0.6) is 0 Å². The molecule has 0 N–H and O–H groups in total. The van der Waals surface area contributed by atoms with Gasteiger partial charge < -0.3 is 0 Å². The Morgan fingerprint density at radius 3 is 1.52 bits per heavy atom. The normalized spacial score (nSPS) is 11.8. The molecule has 0 aliphatic carbocycles. The maximum absolute atomic E-state index is 5.27. The second-order valence-electron chi connectivity index (χ2n) is 13.5. The lowest BCUT2D eigenvalue weighted by Crippen LogP contribution is -2.02. The van der Waals surface area contributed by atoms with Crippen LogP contribution >= 0.6 is 0 Å². The molecule has 0 radical (unpaired) electrons. The van der Waals surface area contributed by atoms with Crippen LogP contribution in [0.15, 0.2) is 127 Å². The second-order valence-corrected chi connectivity index (χ2v) is 13.5. The number of unbranched alkanes of at least 4 members (excludes halogenated alkanes) is 5. The van der Waals surface area contributed by atoms with Gasteiger partial charge in [0, 0.05) is 6.08 Å².